The van der Waals surface area contributed by atoms with Crippen molar-refractivity contribution in [1.82, 2.24) is 34.1 Å². The molecule has 1 N–H and O–H groups in total. The number of nitrogens with one attached hydrogen (secondary N) is 1. The first kappa shape index (κ1) is 16.9. The maximum Gasteiger partial charge on any atom is 0.259 e. The van der Waals surface area contributed by atoms with Crippen LogP contribution in [0.3, 0.4) is 0 Å². The van der Waals surface area contributed by atoms with Gasteiger partial charge in [-0.25, -0.2) is 18.1 Å². The number of rotatable bonds is 5. The molecule has 0 aromatic carbocycles. The molecule has 1 aliphatic heterocycles. The standard InChI is InChI=1S/C15H20N8O2S/c1-10-17-15(9-21(10)3)26(24,25)16-6-12-7-22(8-12)14-5-4-13-19-18-11(2)23(13)20-14/h4-5,9,12,16H,6-8H2,1-3H3. The molecule has 10 nitrogen and oxygen atoms in total. The van der Waals surface area contributed by atoms with Gasteiger partial charge in [-0.1, -0.05) is 0 Å². The third-order valence-corrected chi connectivity index (χ3v) is 5.90. The Morgan fingerprint density at radius 3 is 2.65 bits per heavy atom. The first-order valence-electron chi connectivity index (χ1n) is 8.27. The van der Waals surface area contributed by atoms with Crippen LogP contribution in [-0.4, -0.2) is 57.4 Å². The van der Waals surface area contributed by atoms with E-state index in [1.165, 1.54) is 6.20 Å². The smallest absolute Gasteiger partial charge is 0.259 e. The molecule has 0 unspecified atom stereocenters. The Morgan fingerprint density at radius 1 is 1.19 bits per heavy atom. The van der Waals surface area contributed by atoms with Gasteiger partial charge < -0.3 is 9.47 Å². The topological polar surface area (TPSA) is 110 Å². The van der Waals surface area contributed by atoms with Crippen molar-refractivity contribution in [3.63, 3.8) is 0 Å². The SMILES string of the molecule is Cc1nc(S(=O)(=O)NCC2CN(c3ccc4nnc(C)n4n3)C2)cn1C. The first-order valence-corrected chi connectivity index (χ1v) is 9.75. The lowest BCUT2D eigenvalue weighted by molar-refractivity contribution is 0.401. The van der Waals surface area contributed by atoms with Crippen molar-refractivity contribution in [2.24, 2.45) is 13.0 Å². The number of imidazole rings is 1. The molecule has 1 saturated heterocycles. The van der Waals surface area contributed by atoms with Gasteiger partial charge in [-0.2, -0.15) is 4.52 Å². The van der Waals surface area contributed by atoms with Crippen LogP contribution < -0.4 is 9.62 Å². The van der Waals surface area contributed by atoms with E-state index < -0.39 is 10.0 Å². The summed E-state index contributed by atoms with van der Waals surface area (Å²) in [6, 6.07) is 3.78. The van der Waals surface area contributed by atoms with Crippen LogP contribution in [0.15, 0.2) is 23.4 Å². The summed E-state index contributed by atoms with van der Waals surface area (Å²) in [7, 11) is -1.81. The lowest BCUT2D eigenvalue weighted by Crippen LogP contribution is -2.52. The lowest BCUT2D eigenvalue weighted by Gasteiger charge is -2.40. The van der Waals surface area contributed by atoms with E-state index in [4.69, 9.17) is 0 Å². The molecule has 0 spiro atoms. The number of anilines is 1. The van der Waals surface area contributed by atoms with E-state index in [0.717, 1.165) is 24.7 Å². The van der Waals surface area contributed by atoms with E-state index in [-0.39, 0.29) is 10.9 Å². The van der Waals surface area contributed by atoms with Crippen LogP contribution in [-0.2, 0) is 17.1 Å². The Hall–Kier alpha value is -2.53. The molecule has 4 heterocycles. The average molecular weight is 376 g/mol. The summed E-state index contributed by atoms with van der Waals surface area (Å²) in [6.07, 6.45) is 1.52. The van der Waals surface area contributed by atoms with E-state index in [9.17, 15) is 8.42 Å². The predicted octanol–water partition coefficient (Wildman–Crippen LogP) is -0.111. The fraction of sp³-hybridized carbons (Fsp3) is 0.467. The van der Waals surface area contributed by atoms with Gasteiger partial charge in [0.25, 0.3) is 10.0 Å². The second kappa shape index (κ2) is 6.02. The minimum Gasteiger partial charge on any atom is -0.354 e. The molecule has 3 aromatic rings. The van der Waals surface area contributed by atoms with Gasteiger partial charge in [-0.3, -0.25) is 0 Å². The van der Waals surface area contributed by atoms with Crippen molar-refractivity contribution >= 4 is 21.5 Å². The van der Waals surface area contributed by atoms with Crippen molar-refractivity contribution in [3.05, 3.63) is 30.0 Å². The fourth-order valence-corrected chi connectivity index (χ4v) is 4.05. The van der Waals surface area contributed by atoms with Crippen molar-refractivity contribution in [2.75, 3.05) is 24.5 Å². The molecule has 4 rings (SSSR count). The van der Waals surface area contributed by atoms with E-state index in [1.54, 1.807) is 23.1 Å². The lowest BCUT2D eigenvalue weighted by atomic mass is 10.0. The minimum absolute atomic E-state index is 0.0591. The van der Waals surface area contributed by atoms with Gasteiger partial charge in [0.05, 0.1) is 0 Å². The molecule has 1 aliphatic rings. The number of aromatic nitrogens is 6. The monoisotopic (exact) mass is 376 g/mol. The normalized spacial score (nSPS) is 15.6. The largest absolute Gasteiger partial charge is 0.354 e. The number of hydrogen-bond acceptors (Lipinski definition) is 7. The quantitative estimate of drug-likeness (QED) is 0.661. The van der Waals surface area contributed by atoms with Crippen LogP contribution in [0.25, 0.3) is 5.65 Å². The first-order chi connectivity index (χ1) is 12.3. The summed E-state index contributed by atoms with van der Waals surface area (Å²) in [5.74, 6) is 2.46. The Balaban J connectivity index is 1.36. The Bertz CT molecular complexity index is 1050. The molecule has 0 radical (unpaired) electrons. The van der Waals surface area contributed by atoms with Gasteiger partial charge in [-0.15, -0.1) is 15.3 Å². The van der Waals surface area contributed by atoms with Crippen LogP contribution in [0.2, 0.25) is 0 Å². The summed E-state index contributed by atoms with van der Waals surface area (Å²) in [6.45, 7) is 5.48. The molecular formula is C15H20N8O2S. The zero-order chi connectivity index (χ0) is 18.5. The van der Waals surface area contributed by atoms with E-state index >= 15 is 0 Å². The molecule has 0 atom stereocenters. The number of sulfonamides is 1. The molecule has 138 valence electrons. The minimum atomic E-state index is -3.58. The van der Waals surface area contributed by atoms with Crippen LogP contribution in [0.1, 0.15) is 11.6 Å². The van der Waals surface area contributed by atoms with Crippen molar-refractivity contribution in [3.8, 4) is 0 Å². The number of aryl methyl sites for hydroxylation is 3. The van der Waals surface area contributed by atoms with Crippen molar-refractivity contribution < 1.29 is 8.42 Å². The molecule has 1 fully saturated rings. The van der Waals surface area contributed by atoms with Crippen molar-refractivity contribution in [2.45, 2.75) is 18.9 Å². The van der Waals surface area contributed by atoms with E-state index in [0.29, 0.717) is 18.0 Å². The van der Waals surface area contributed by atoms with Crippen LogP contribution in [0.4, 0.5) is 5.82 Å². The predicted molar refractivity (Wildman–Crippen MR) is 94.4 cm³/mol. The molecule has 0 aliphatic carbocycles. The second-order valence-electron chi connectivity index (χ2n) is 6.57. The highest BCUT2D eigenvalue weighted by atomic mass is 32.2. The molecule has 3 aromatic heterocycles. The van der Waals surface area contributed by atoms with Crippen LogP contribution in [0, 0.1) is 19.8 Å². The van der Waals surface area contributed by atoms with Gasteiger partial charge >= 0.3 is 0 Å². The second-order valence-corrected chi connectivity index (χ2v) is 8.28. The van der Waals surface area contributed by atoms with Gasteiger partial charge in [0.1, 0.15) is 11.6 Å². The fourth-order valence-electron chi connectivity index (χ4n) is 2.90. The summed E-state index contributed by atoms with van der Waals surface area (Å²) in [4.78, 5) is 6.18. The van der Waals surface area contributed by atoms with E-state index in [1.807, 2.05) is 19.1 Å². The molecule has 0 amide bonds. The highest BCUT2D eigenvalue weighted by Crippen LogP contribution is 2.23. The Kier molecular flexibility index (Phi) is 3.92. The summed E-state index contributed by atoms with van der Waals surface area (Å²) in [5.41, 5.74) is 0.710. The van der Waals surface area contributed by atoms with Gasteiger partial charge in [0.15, 0.2) is 16.5 Å². The zero-order valence-corrected chi connectivity index (χ0v) is 15.6. The highest BCUT2D eigenvalue weighted by molar-refractivity contribution is 7.89. The third kappa shape index (κ3) is 2.92. The maximum absolute atomic E-state index is 12.3. The number of fused-ring (bicyclic) bond motifs is 1. The molecular weight excluding hydrogens is 356 g/mol. The van der Waals surface area contributed by atoms with Crippen molar-refractivity contribution in [1.29, 1.82) is 0 Å². The third-order valence-electron chi connectivity index (χ3n) is 4.61. The van der Waals surface area contributed by atoms with Crippen LogP contribution >= 0.6 is 0 Å². The molecule has 26 heavy (non-hydrogen) atoms. The zero-order valence-electron chi connectivity index (χ0n) is 14.8. The number of nitrogens with zero attached hydrogens (tertiary/aromatic N) is 7. The Morgan fingerprint density at radius 2 is 1.96 bits per heavy atom. The van der Waals surface area contributed by atoms with Crippen LogP contribution in [0.5, 0.6) is 0 Å². The number of hydrogen-bond donors (Lipinski definition) is 1. The average Bonchev–Trinajstić information content (AvgIpc) is 3.10. The van der Waals surface area contributed by atoms with Gasteiger partial charge in [0, 0.05) is 38.8 Å². The van der Waals surface area contributed by atoms with E-state index in [2.05, 4.69) is 29.9 Å². The molecule has 0 saturated carbocycles. The maximum atomic E-state index is 12.3. The summed E-state index contributed by atoms with van der Waals surface area (Å²) in [5, 5.41) is 12.6. The Labute approximate surface area is 150 Å². The summed E-state index contributed by atoms with van der Waals surface area (Å²) < 4.78 is 30.7. The summed E-state index contributed by atoms with van der Waals surface area (Å²) >= 11 is 0. The highest BCUT2D eigenvalue weighted by Gasteiger charge is 2.30. The molecule has 0 bridgehead atoms. The van der Waals surface area contributed by atoms with Gasteiger partial charge in [0.2, 0.25) is 0 Å². The molecule has 11 heteroatoms. The van der Waals surface area contributed by atoms with Gasteiger partial charge in [-0.05, 0) is 26.0 Å².